The van der Waals surface area contributed by atoms with Crippen LogP contribution in [0.3, 0.4) is 0 Å². The van der Waals surface area contributed by atoms with Crippen molar-refractivity contribution in [2.75, 3.05) is 30.1 Å². The number of rotatable bonds is 7. The fourth-order valence-corrected chi connectivity index (χ4v) is 2.77. The summed E-state index contributed by atoms with van der Waals surface area (Å²) >= 11 is 1.52. The smallest absolute Gasteiger partial charge is 0.412 e. The number of carboxylic acid groups (broad SMARTS) is 1. The standard InChI is InChI=1S/C17H26N2O4S/c1-17(2,3)23-16(22)18-14-10-13(19(4)5)7-6-12(14)11-24-9-8-15(20)21/h6-7,10H,8-9,11H2,1-5H3,(H,18,22)(H,20,21). The minimum Gasteiger partial charge on any atom is -0.481 e. The molecule has 0 saturated heterocycles. The van der Waals surface area contributed by atoms with Gasteiger partial charge in [-0.3, -0.25) is 10.1 Å². The Labute approximate surface area is 147 Å². The molecule has 0 heterocycles. The molecule has 134 valence electrons. The molecule has 0 aromatic heterocycles. The van der Waals surface area contributed by atoms with E-state index < -0.39 is 17.7 Å². The number of hydrogen-bond acceptors (Lipinski definition) is 5. The van der Waals surface area contributed by atoms with Crippen LogP contribution < -0.4 is 10.2 Å². The lowest BCUT2D eigenvalue weighted by Crippen LogP contribution is -2.27. The Kier molecular flexibility index (Phi) is 7.41. The second-order valence-electron chi connectivity index (χ2n) is 6.56. The Morgan fingerprint density at radius 2 is 1.96 bits per heavy atom. The van der Waals surface area contributed by atoms with E-state index in [0.717, 1.165) is 11.3 Å². The van der Waals surface area contributed by atoms with Crippen molar-refractivity contribution in [2.24, 2.45) is 0 Å². The summed E-state index contributed by atoms with van der Waals surface area (Å²) in [5.74, 6) is 0.334. The molecule has 6 nitrogen and oxygen atoms in total. The Morgan fingerprint density at radius 1 is 1.29 bits per heavy atom. The number of carbonyl (C=O) groups is 2. The highest BCUT2D eigenvalue weighted by molar-refractivity contribution is 7.98. The zero-order chi connectivity index (χ0) is 18.3. The molecule has 0 atom stereocenters. The summed E-state index contributed by atoms with van der Waals surface area (Å²) in [4.78, 5) is 24.6. The number of aliphatic carboxylic acids is 1. The van der Waals surface area contributed by atoms with Crippen LogP contribution in [0.2, 0.25) is 0 Å². The molecule has 2 N–H and O–H groups in total. The van der Waals surface area contributed by atoms with Crippen LogP contribution in [-0.2, 0) is 15.3 Å². The van der Waals surface area contributed by atoms with Crippen molar-refractivity contribution in [2.45, 2.75) is 38.5 Å². The Hall–Kier alpha value is -1.89. The quantitative estimate of drug-likeness (QED) is 0.725. The van der Waals surface area contributed by atoms with Crippen LogP contribution in [0.1, 0.15) is 32.8 Å². The number of anilines is 2. The second-order valence-corrected chi connectivity index (χ2v) is 7.66. The molecule has 7 heteroatoms. The van der Waals surface area contributed by atoms with Crippen molar-refractivity contribution < 1.29 is 19.4 Å². The minimum absolute atomic E-state index is 0.120. The zero-order valence-corrected chi connectivity index (χ0v) is 15.7. The van der Waals surface area contributed by atoms with Crippen LogP contribution in [0.5, 0.6) is 0 Å². The first kappa shape index (κ1) is 20.2. The van der Waals surface area contributed by atoms with E-state index in [2.05, 4.69) is 5.32 Å². The normalized spacial score (nSPS) is 11.0. The lowest BCUT2D eigenvalue weighted by Gasteiger charge is -2.21. The van der Waals surface area contributed by atoms with E-state index in [-0.39, 0.29) is 6.42 Å². The molecular weight excluding hydrogens is 328 g/mol. The third-order valence-corrected chi connectivity index (χ3v) is 3.97. The predicted molar refractivity (Wildman–Crippen MR) is 99.0 cm³/mol. The van der Waals surface area contributed by atoms with Gasteiger partial charge >= 0.3 is 12.1 Å². The number of hydrogen-bond donors (Lipinski definition) is 2. The molecule has 0 aliphatic heterocycles. The van der Waals surface area contributed by atoms with Crippen LogP contribution in [0.4, 0.5) is 16.2 Å². The number of carboxylic acids is 1. The van der Waals surface area contributed by atoms with Gasteiger partial charge in [0.05, 0.1) is 12.1 Å². The topological polar surface area (TPSA) is 78.9 Å². The summed E-state index contributed by atoms with van der Waals surface area (Å²) in [6, 6.07) is 5.79. The van der Waals surface area contributed by atoms with E-state index in [1.165, 1.54) is 11.8 Å². The van der Waals surface area contributed by atoms with Gasteiger partial charge < -0.3 is 14.7 Å². The monoisotopic (exact) mass is 354 g/mol. The maximum Gasteiger partial charge on any atom is 0.412 e. The average molecular weight is 354 g/mol. The van der Waals surface area contributed by atoms with Crippen molar-refractivity contribution in [3.05, 3.63) is 23.8 Å². The molecule has 1 amide bonds. The van der Waals surface area contributed by atoms with Crippen LogP contribution in [-0.4, -0.2) is 42.6 Å². The Morgan fingerprint density at radius 3 is 2.50 bits per heavy atom. The molecular formula is C17H26N2O4S. The summed E-state index contributed by atoms with van der Waals surface area (Å²) in [7, 11) is 3.85. The van der Waals surface area contributed by atoms with E-state index in [9.17, 15) is 9.59 Å². The number of thioether (sulfide) groups is 1. The molecule has 0 fully saturated rings. The van der Waals surface area contributed by atoms with Crippen LogP contribution in [0.15, 0.2) is 18.2 Å². The van der Waals surface area contributed by atoms with Gasteiger partial charge in [-0.2, -0.15) is 11.8 Å². The van der Waals surface area contributed by atoms with Gasteiger partial charge in [0, 0.05) is 31.3 Å². The predicted octanol–water partition coefficient (Wildman–Crippen LogP) is 3.81. The molecule has 24 heavy (non-hydrogen) atoms. The van der Waals surface area contributed by atoms with E-state index in [4.69, 9.17) is 9.84 Å². The first-order chi connectivity index (χ1) is 11.1. The van der Waals surface area contributed by atoms with Crippen molar-refractivity contribution >= 4 is 35.2 Å². The van der Waals surface area contributed by atoms with Gasteiger partial charge in [-0.25, -0.2) is 4.79 Å². The summed E-state index contributed by atoms with van der Waals surface area (Å²) in [5, 5.41) is 11.5. The van der Waals surface area contributed by atoms with E-state index in [1.54, 1.807) is 0 Å². The highest BCUT2D eigenvalue weighted by Crippen LogP contribution is 2.27. The Balaban J connectivity index is 2.85. The first-order valence-corrected chi connectivity index (χ1v) is 8.84. The summed E-state index contributed by atoms with van der Waals surface area (Å²) in [6.07, 6.45) is -0.384. The van der Waals surface area contributed by atoms with Crippen molar-refractivity contribution in [3.63, 3.8) is 0 Å². The summed E-state index contributed by atoms with van der Waals surface area (Å²) in [6.45, 7) is 5.43. The lowest BCUT2D eigenvalue weighted by molar-refractivity contribution is -0.136. The SMILES string of the molecule is CN(C)c1ccc(CSCCC(=O)O)c(NC(=O)OC(C)(C)C)c1. The number of carbonyl (C=O) groups excluding carboxylic acids is 1. The molecule has 0 spiro atoms. The van der Waals surface area contributed by atoms with Gasteiger partial charge in [0.1, 0.15) is 5.60 Å². The maximum absolute atomic E-state index is 12.0. The number of nitrogens with one attached hydrogen (secondary N) is 1. The fraction of sp³-hybridized carbons (Fsp3) is 0.529. The molecule has 1 aromatic rings. The molecule has 0 bridgehead atoms. The molecule has 1 aromatic carbocycles. The summed E-state index contributed by atoms with van der Waals surface area (Å²) < 4.78 is 5.31. The van der Waals surface area contributed by atoms with Crippen molar-refractivity contribution in [1.82, 2.24) is 0 Å². The van der Waals surface area contributed by atoms with Crippen LogP contribution >= 0.6 is 11.8 Å². The fourth-order valence-electron chi connectivity index (χ4n) is 1.84. The van der Waals surface area contributed by atoms with E-state index >= 15 is 0 Å². The van der Waals surface area contributed by atoms with Crippen LogP contribution in [0, 0.1) is 0 Å². The maximum atomic E-state index is 12.0. The van der Waals surface area contributed by atoms with Gasteiger partial charge in [0.25, 0.3) is 0 Å². The molecule has 0 saturated carbocycles. The number of ether oxygens (including phenoxy) is 1. The zero-order valence-electron chi connectivity index (χ0n) is 14.9. The van der Waals surface area contributed by atoms with Crippen molar-refractivity contribution in [3.8, 4) is 0 Å². The molecule has 0 unspecified atom stereocenters. The van der Waals surface area contributed by atoms with Crippen LogP contribution in [0.25, 0.3) is 0 Å². The van der Waals surface area contributed by atoms with Gasteiger partial charge in [0.15, 0.2) is 0 Å². The molecule has 0 aliphatic carbocycles. The van der Waals surface area contributed by atoms with Gasteiger partial charge in [-0.15, -0.1) is 0 Å². The highest BCUT2D eigenvalue weighted by atomic mass is 32.2. The van der Waals surface area contributed by atoms with E-state index in [1.807, 2.05) is 58.0 Å². The average Bonchev–Trinajstić information content (AvgIpc) is 2.42. The highest BCUT2D eigenvalue weighted by Gasteiger charge is 2.17. The molecule has 0 aliphatic rings. The largest absolute Gasteiger partial charge is 0.481 e. The third-order valence-electron chi connectivity index (χ3n) is 2.96. The first-order valence-electron chi connectivity index (χ1n) is 7.68. The minimum atomic E-state index is -0.808. The van der Waals surface area contributed by atoms with E-state index in [0.29, 0.717) is 17.2 Å². The lowest BCUT2D eigenvalue weighted by atomic mass is 10.1. The molecule has 1 rings (SSSR count). The van der Waals surface area contributed by atoms with Gasteiger partial charge in [-0.1, -0.05) is 6.07 Å². The van der Waals surface area contributed by atoms with Crippen molar-refractivity contribution in [1.29, 1.82) is 0 Å². The molecule has 0 radical (unpaired) electrons. The van der Waals surface area contributed by atoms with Gasteiger partial charge in [0.2, 0.25) is 0 Å². The third kappa shape index (κ3) is 7.59. The summed E-state index contributed by atoms with van der Waals surface area (Å²) in [5.41, 5.74) is 2.00. The van der Waals surface area contributed by atoms with Gasteiger partial charge in [-0.05, 0) is 38.5 Å². The Bertz CT molecular complexity index is 582. The number of benzene rings is 1. The number of nitrogens with zero attached hydrogens (tertiary/aromatic N) is 1. The second kappa shape index (κ2) is 8.82. The number of amides is 1.